The number of benzene rings is 3. The summed E-state index contributed by atoms with van der Waals surface area (Å²) in [5, 5.41) is 23.0. The molecular formula is C38H39F3N4O4. The lowest BCUT2D eigenvalue weighted by Crippen LogP contribution is -2.53. The average Bonchev–Trinajstić information content (AvgIpc) is 3.53. The molecule has 3 heterocycles. The molecule has 8 nitrogen and oxygen atoms in total. The number of carbonyl (C=O) groups excluding carboxylic acids is 2. The van der Waals surface area contributed by atoms with Crippen LogP contribution < -0.4 is 5.32 Å². The number of nitrogens with one attached hydrogen (secondary N) is 1. The first kappa shape index (κ1) is 34.1. The zero-order valence-corrected chi connectivity index (χ0v) is 28.1. The van der Waals surface area contributed by atoms with E-state index in [9.17, 15) is 24.3 Å². The molecule has 1 aromatic heterocycles. The summed E-state index contributed by atoms with van der Waals surface area (Å²) < 4.78 is 53.6. The largest absolute Gasteiger partial charge is 0.444 e. The monoisotopic (exact) mass is 672 g/mol. The molecule has 6 rings (SSSR count). The summed E-state index contributed by atoms with van der Waals surface area (Å²) in [6.07, 6.45) is 3.74. The predicted octanol–water partition coefficient (Wildman–Crippen LogP) is 7.70. The Morgan fingerprint density at radius 3 is 2.24 bits per heavy atom. The van der Waals surface area contributed by atoms with Crippen molar-refractivity contribution in [3.05, 3.63) is 83.3 Å². The third-order valence-corrected chi connectivity index (χ3v) is 9.13. The van der Waals surface area contributed by atoms with Gasteiger partial charge in [0.1, 0.15) is 17.5 Å². The maximum Gasteiger partial charge on any atom is 0.407 e. The lowest BCUT2D eigenvalue weighted by molar-refractivity contribution is 0.0417. The molecule has 0 spiro atoms. The minimum atomic E-state index is -1.17. The number of aromatic nitrogens is 1. The van der Waals surface area contributed by atoms with Crippen LogP contribution in [0.4, 0.5) is 18.0 Å². The van der Waals surface area contributed by atoms with Crippen molar-refractivity contribution in [2.75, 3.05) is 0 Å². The Hall–Kier alpha value is -4.82. The van der Waals surface area contributed by atoms with Crippen LogP contribution in [0.25, 0.3) is 33.2 Å². The van der Waals surface area contributed by atoms with E-state index in [0.29, 0.717) is 18.2 Å². The van der Waals surface area contributed by atoms with Crippen molar-refractivity contribution < 1.29 is 32.6 Å². The molecule has 256 valence electrons. The Bertz CT molecular complexity index is 1990. The van der Waals surface area contributed by atoms with Crippen molar-refractivity contribution in [2.45, 2.75) is 96.2 Å². The summed E-state index contributed by atoms with van der Waals surface area (Å²) in [7, 11) is 0. The molecule has 2 bridgehead atoms. The molecule has 2 aliphatic rings. The number of nitrogens with zero attached hydrogens (tertiary/aromatic N) is 3. The minimum absolute atomic E-state index is 0.00109. The van der Waals surface area contributed by atoms with E-state index >= 15 is 8.78 Å². The third-order valence-electron chi connectivity index (χ3n) is 9.13. The summed E-state index contributed by atoms with van der Waals surface area (Å²) in [6, 6.07) is 13.2. The smallest absolute Gasteiger partial charge is 0.407 e. The van der Waals surface area contributed by atoms with E-state index in [2.05, 4.69) is 5.32 Å². The minimum Gasteiger partial charge on any atom is -0.444 e. The van der Waals surface area contributed by atoms with Gasteiger partial charge in [0.25, 0.3) is 5.91 Å². The molecule has 4 aromatic rings. The molecule has 2 saturated heterocycles. The van der Waals surface area contributed by atoms with Crippen LogP contribution in [0.1, 0.15) is 76.2 Å². The molecule has 2 fully saturated rings. The fourth-order valence-electron chi connectivity index (χ4n) is 7.22. The van der Waals surface area contributed by atoms with Gasteiger partial charge in [0.15, 0.2) is 11.6 Å². The van der Waals surface area contributed by atoms with E-state index in [1.54, 1.807) is 65.1 Å². The molecule has 3 aromatic carbocycles. The van der Waals surface area contributed by atoms with E-state index in [-0.39, 0.29) is 69.5 Å². The number of alkyl carbamates (subject to hydrolysis) is 1. The van der Waals surface area contributed by atoms with Crippen molar-refractivity contribution >= 4 is 22.9 Å². The van der Waals surface area contributed by atoms with Gasteiger partial charge in [-0.15, -0.1) is 0 Å². The second kappa shape index (κ2) is 12.6. The SMILES string of the molecule is CC(C)(O)Cn1ccc2cc(-c3ccc(C(=O)N4[C@@H]5CC[C@H]4C[C@@H](NC(=O)OC(C)(C)C)C5)cc3-c3ccc(C#N)c(F)c3)c(F)c(F)c21. The highest BCUT2D eigenvalue weighted by atomic mass is 19.2. The predicted molar refractivity (Wildman–Crippen MR) is 179 cm³/mol. The Morgan fingerprint density at radius 1 is 0.939 bits per heavy atom. The molecule has 11 heteroatoms. The zero-order valence-electron chi connectivity index (χ0n) is 28.1. The molecular weight excluding hydrogens is 633 g/mol. The third kappa shape index (κ3) is 6.88. The highest BCUT2D eigenvalue weighted by Crippen LogP contribution is 2.41. The number of carbonyl (C=O) groups is 2. The first-order valence-electron chi connectivity index (χ1n) is 16.4. The van der Waals surface area contributed by atoms with Gasteiger partial charge in [-0.25, -0.2) is 18.0 Å². The van der Waals surface area contributed by atoms with Gasteiger partial charge in [0.05, 0.1) is 23.2 Å². The maximum absolute atomic E-state index is 16.0. The normalized spacial score (nSPS) is 19.2. The van der Waals surface area contributed by atoms with Crippen LogP contribution in [-0.2, 0) is 11.3 Å². The molecule has 2 N–H and O–H groups in total. The first-order valence-corrected chi connectivity index (χ1v) is 16.4. The summed E-state index contributed by atoms with van der Waals surface area (Å²) in [4.78, 5) is 28.4. The topological polar surface area (TPSA) is 108 Å². The molecule has 3 atom stereocenters. The van der Waals surface area contributed by atoms with Crippen molar-refractivity contribution in [2.24, 2.45) is 0 Å². The molecule has 0 radical (unpaired) electrons. The van der Waals surface area contributed by atoms with Crippen molar-refractivity contribution in [3.8, 4) is 28.3 Å². The van der Waals surface area contributed by atoms with Crippen LogP contribution in [0.15, 0.2) is 54.7 Å². The van der Waals surface area contributed by atoms with E-state index in [1.807, 2.05) is 4.90 Å². The Morgan fingerprint density at radius 2 is 1.63 bits per heavy atom. The fourth-order valence-corrected chi connectivity index (χ4v) is 7.22. The van der Waals surface area contributed by atoms with Gasteiger partial charge in [-0.05, 0) is 113 Å². The number of halogens is 3. The number of hydrogen-bond donors (Lipinski definition) is 2. The van der Waals surface area contributed by atoms with Crippen LogP contribution in [0, 0.1) is 28.8 Å². The Balaban J connectivity index is 1.38. The second-order valence-corrected chi connectivity index (χ2v) is 14.7. The van der Waals surface area contributed by atoms with Crippen LogP contribution in [0.2, 0.25) is 0 Å². The standard InChI is InChI=1S/C38H39F3N4O4/c1-37(2,3)49-36(47)43-25-17-26-9-10-27(18-25)45(26)35(46)23-8-11-28(29(15-23)21-6-7-24(19-42)31(39)16-21)30-14-22-12-13-44(20-38(4,5)48)34(22)33(41)32(30)40/h6-8,11-16,25-27,48H,9-10,17-18,20H2,1-5H3,(H,43,47)/t25-,26+,27-. The van der Waals surface area contributed by atoms with E-state index in [4.69, 9.17) is 4.74 Å². The summed E-state index contributed by atoms with van der Waals surface area (Å²) >= 11 is 0. The van der Waals surface area contributed by atoms with Crippen LogP contribution in [-0.4, -0.2) is 55.9 Å². The molecule has 2 amide bonds. The van der Waals surface area contributed by atoms with Gasteiger partial charge in [-0.2, -0.15) is 5.26 Å². The lowest BCUT2D eigenvalue weighted by atomic mass is 9.90. The number of amides is 2. The Labute approximate surface area is 283 Å². The summed E-state index contributed by atoms with van der Waals surface area (Å²) in [6.45, 7) is 8.56. The zero-order chi connectivity index (χ0) is 35.4. The van der Waals surface area contributed by atoms with Gasteiger partial charge < -0.3 is 24.6 Å². The van der Waals surface area contributed by atoms with Gasteiger partial charge in [0.2, 0.25) is 0 Å². The van der Waals surface area contributed by atoms with Gasteiger partial charge in [-0.1, -0.05) is 12.1 Å². The second-order valence-electron chi connectivity index (χ2n) is 14.7. The number of rotatable bonds is 6. The van der Waals surface area contributed by atoms with E-state index in [1.165, 1.54) is 28.8 Å². The van der Waals surface area contributed by atoms with Gasteiger partial charge in [0, 0.05) is 40.8 Å². The lowest BCUT2D eigenvalue weighted by Gasteiger charge is -2.39. The van der Waals surface area contributed by atoms with E-state index < -0.39 is 34.7 Å². The van der Waals surface area contributed by atoms with Crippen LogP contribution >= 0.6 is 0 Å². The highest BCUT2D eigenvalue weighted by Gasteiger charge is 2.44. The van der Waals surface area contributed by atoms with Crippen molar-refractivity contribution in [1.29, 1.82) is 5.26 Å². The highest BCUT2D eigenvalue weighted by molar-refractivity contribution is 5.99. The van der Waals surface area contributed by atoms with E-state index in [0.717, 1.165) is 18.9 Å². The quantitative estimate of drug-likeness (QED) is 0.218. The number of piperidine rings is 1. The van der Waals surface area contributed by atoms with Crippen LogP contribution in [0.3, 0.4) is 0 Å². The summed E-state index contributed by atoms with van der Waals surface area (Å²) in [5.41, 5.74) is -0.977. The van der Waals surface area contributed by atoms with Gasteiger partial charge in [-0.3, -0.25) is 4.79 Å². The molecule has 2 aliphatic heterocycles. The first-order chi connectivity index (χ1) is 23.0. The van der Waals surface area contributed by atoms with Crippen LogP contribution in [0.5, 0.6) is 0 Å². The summed E-state index contributed by atoms with van der Waals surface area (Å²) in [5.74, 6) is -3.27. The number of fused-ring (bicyclic) bond motifs is 3. The Kier molecular flexibility index (Phi) is 8.74. The number of hydrogen-bond acceptors (Lipinski definition) is 5. The molecule has 49 heavy (non-hydrogen) atoms. The number of ether oxygens (including phenoxy) is 1. The average molecular weight is 673 g/mol. The fraction of sp³-hybridized carbons (Fsp3) is 0.395. The maximum atomic E-state index is 16.0. The van der Waals surface area contributed by atoms with Crippen molar-refractivity contribution in [1.82, 2.24) is 14.8 Å². The van der Waals surface area contributed by atoms with Crippen molar-refractivity contribution in [3.63, 3.8) is 0 Å². The molecule has 0 unspecified atom stereocenters. The molecule has 0 aliphatic carbocycles. The molecule has 0 saturated carbocycles. The van der Waals surface area contributed by atoms with Gasteiger partial charge >= 0.3 is 6.09 Å². The number of aliphatic hydroxyl groups is 1. The number of nitriles is 1.